The molecule has 1 saturated carbocycles. The van der Waals surface area contributed by atoms with Gasteiger partial charge in [-0.25, -0.2) is 4.90 Å². The van der Waals surface area contributed by atoms with Gasteiger partial charge in [-0.05, 0) is 49.6 Å². The maximum atomic E-state index is 13.0. The van der Waals surface area contributed by atoms with Gasteiger partial charge in [0.1, 0.15) is 0 Å². The number of aryl methyl sites for hydroxylation is 1. The van der Waals surface area contributed by atoms with Crippen LogP contribution in [0.3, 0.4) is 0 Å². The quantitative estimate of drug-likeness (QED) is 0.772. The molecule has 5 nitrogen and oxygen atoms in total. The van der Waals surface area contributed by atoms with E-state index in [-0.39, 0.29) is 29.6 Å². The summed E-state index contributed by atoms with van der Waals surface area (Å²) in [5, 5.41) is 3.37. The molecular weight excluding hydrogens is 376 g/mol. The van der Waals surface area contributed by atoms with Crippen LogP contribution in [-0.4, -0.2) is 17.7 Å². The summed E-state index contributed by atoms with van der Waals surface area (Å²) >= 11 is 6.04. The monoisotopic (exact) mass is 396 g/mol. The molecule has 144 valence electrons. The fraction of sp³-hybridized carbons (Fsp3) is 0.318. The molecule has 1 N–H and O–H groups in total. The molecule has 0 unspecified atom stereocenters. The number of carbonyl (C=O) groups excluding carboxylic acids is 3. The van der Waals surface area contributed by atoms with Crippen molar-refractivity contribution in [2.24, 2.45) is 11.8 Å². The summed E-state index contributed by atoms with van der Waals surface area (Å²) in [5.74, 6) is -1.26. The van der Waals surface area contributed by atoms with Crippen molar-refractivity contribution in [2.75, 3.05) is 10.2 Å². The third-order valence-corrected chi connectivity index (χ3v) is 5.91. The predicted octanol–water partition coefficient (Wildman–Crippen LogP) is 4.58. The molecule has 0 bridgehead atoms. The molecule has 2 fully saturated rings. The van der Waals surface area contributed by atoms with Gasteiger partial charge in [-0.2, -0.15) is 0 Å². The summed E-state index contributed by atoms with van der Waals surface area (Å²) < 4.78 is 0. The van der Waals surface area contributed by atoms with Gasteiger partial charge in [0.05, 0.1) is 23.1 Å². The van der Waals surface area contributed by atoms with Crippen molar-refractivity contribution < 1.29 is 14.4 Å². The van der Waals surface area contributed by atoms with Crippen LogP contribution in [0.2, 0.25) is 5.02 Å². The first kappa shape index (κ1) is 18.7. The second kappa shape index (κ2) is 7.40. The Kier molecular flexibility index (Phi) is 4.94. The van der Waals surface area contributed by atoms with Crippen molar-refractivity contribution in [2.45, 2.75) is 32.6 Å². The van der Waals surface area contributed by atoms with E-state index < -0.39 is 0 Å². The fourth-order valence-corrected chi connectivity index (χ4v) is 4.35. The van der Waals surface area contributed by atoms with Crippen molar-refractivity contribution in [3.8, 4) is 0 Å². The van der Waals surface area contributed by atoms with Crippen LogP contribution in [0.15, 0.2) is 42.5 Å². The Morgan fingerprint density at radius 1 is 1.04 bits per heavy atom. The summed E-state index contributed by atoms with van der Waals surface area (Å²) in [6, 6.07) is 12.0. The van der Waals surface area contributed by atoms with Crippen molar-refractivity contribution in [1.29, 1.82) is 0 Å². The molecule has 1 aliphatic carbocycles. The largest absolute Gasteiger partial charge is 0.322 e. The summed E-state index contributed by atoms with van der Waals surface area (Å²) in [6.07, 6.45) is 3.40. The normalized spacial score (nSPS) is 21.6. The second-order valence-corrected chi connectivity index (χ2v) is 7.88. The van der Waals surface area contributed by atoms with E-state index in [2.05, 4.69) is 5.32 Å². The summed E-state index contributed by atoms with van der Waals surface area (Å²) in [5.41, 5.74) is 2.11. The van der Waals surface area contributed by atoms with Gasteiger partial charge in [-0.3, -0.25) is 14.4 Å². The van der Waals surface area contributed by atoms with Crippen molar-refractivity contribution in [3.63, 3.8) is 0 Å². The van der Waals surface area contributed by atoms with E-state index in [0.717, 1.165) is 31.2 Å². The number of nitrogens with one attached hydrogen (secondary N) is 1. The highest BCUT2D eigenvalue weighted by atomic mass is 35.5. The lowest BCUT2D eigenvalue weighted by Gasteiger charge is -2.19. The lowest BCUT2D eigenvalue weighted by molar-refractivity contribution is -0.122. The Bertz CT molecular complexity index is 948. The first-order chi connectivity index (χ1) is 13.5. The maximum absolute atomic E-state index is 13.0. The minimum Gasteiger partial charge on any atom is -0.322 e. The number of benzene rings is 2. The zero-order valence-electron chi connectivity index (χ0n) is 15.6. The number of imide groups is 1. The van der Waals surface area contributed by atoms with Crippen molar-refractivity contribution in [1.82, 2.24) is 0 Å². The number of amides is 3. The average molecular weight is 397 g/mol. The van der Waals surface area contributed by atoms with Gasteiger partial charge in [0.15, 0.2) is 0 Å². The van der Waals surface area contributed by atoms with Crippen LogP contribution in [0.5, 0.6) is 0 Å². The molecule has 2 atom stereocenters. The fourth-order valence-electron chi connectivity index (χ4n) is 4.18. The van der Waals surface area contributed by atoms with E-state index >= 15 is 0 Å². The van der Waals surface area contributed by atoms with Gasteiger partial charge >= 0.3 is 0 Å². The van der Waals surface area contributed by atoms with Gasteiger partial charge < -0.3 is 5.32 Å². The van der Waals surface area contributed by atoms with Gasteiger partial charge in [0.25, 0.3) is 5.91 Å². The highest BCUT2D eigenvalue weighted by molar-refractivity contribution is 6.31. The van der Waals surface area contributed by atoms with Gasteiger partial charge in [0, 0.05) is 10.7 Å². The highest BCUT2D eigenvalue weighted by Gasteiger charge is 2.49. The predicted molar refractivity (Wildman–Crippen MR) is 109 cm³/mol. The van der Waals surface area contributed by atoms with Crippen molar-refractivity contribution in [3.05, 3.63) is 58.6 Å². The van der Waals surface area contributed by atoms with Crippen LogP contribution < -0.4 is 10.2 Å². The molecule has 0 radical (unpaired) electrons. The molecule has 2 aromatic carbocycles. The van der Waals surface area contributed by atoms with Gasteiger partial charge in [0.2, 0.25) is 11.8 Å². The first-order valence-electron chi connectivity index (χ1n) is 9.51. The van der Waals surface area contributed by atoms with Gasteiger partial charge in [-0.1, -0.05) is 42.6 Å². The van der Waals surface area contributed by atoms with Crippen LogP contribution in [0.1, 0.15) is 41.6 Å². The first-order valence-corrected chi connectivity index (χ1v) is 9.89. The molecule has 0 aromatic heterocycles. The van der Waals surface area contributed by atoms with Crippen LogP contribution in [0.25, 0.3) is 0 Å². The molecule has 1 heterocycles. The Labute approximate surface area is 168 Å². The van der Waals surface area contributed by atoms with Crippen molar-refractivity contribution >= 4 is 40.7 Å². The van der Waals surface area contributed by atoms with E-state index in [9.17, 15) is 14.4 Å². The van der Waals surface area contributed by atoms with Crippen LogP contribution in [0, 0.1) is 18.8 Å². The number of para-hydroxylation sites is 1. The Balaban J connectivity index is 1.67. The minimum atomic E-state index is -0.378. The molecule has 2 aliphatic rings. The number of rotatable bonds is 3. The zero-order chi connectivity index (χ0) is 19.8. The topological polar surface area (TPSA) is 66.5 Å². The molecule has 1 aliphatic heterocycles. The number of nitrogens with zero attached hydrogens (tertiary/aromatic N) is 1. The Morgan fingerprint density at radius 3 is 2.36 bits per heavy atom. The van der Waals surface area contributed by atoms with E-state index in [1.165, 1.54) is 4.90 Å². The van der Waals surface area contributed by atoms with Gasteiger partial charge in [-0.15, -0.1) is 0 Å². The highest BCUT2D eigenvalue weighted by Crippen LogP contribution is 2.41. The van der Waals surface area contributed by atoms with E-state index in [4.69, 9.17) is 11.6 Å². The molecule has 1 saturated heterocycles. The summed E-state index contributed by atoms with van der Waals surface area (Å²) in [4.78, 5) is 40.1. The smallest absolute Gasteiger partial charge is 0.257 e. The Morgan fingerprint density at radius 2 is 1.68 bits per heavy atom. The standard InChI is InChI=1S/C22H21ClN2O3/c1-13-10-11-14(23)12-18(13)24-20(26)17-8-4-5-9-19(17)25-21(27)15-6-2-3-7-16(15)22(25)28/h4-5,8-12,15-16H,2-3,6-7H2,1H3,(H,24,26)/t15-,16+. The zero-order valence-corrected chi connectivity index (χ0v) is 16.3. The molecule has 6 heteroatoms. The molecule has 0 spiro atoms. The van der Waals surface area contributed by atoms with E-state index in [1.54, 1.807) is 36.4 Å². The summed E-state index contributed by atoms with van der Waals surface area (Å²) in [7, 11) is 0. The number of carbonyl (C=O) groups is 3. The van der Waals surface area contributed by atoms with Crippen LogP contribution in [0.4, 0.5) is 11.4 Å². The number of anilines is 2. The Hall–Kier alpha value is -2.66. The summed E-state index contributed by atoms with van der Waals surface area (Å²) in [6.45, 7) is 1.87. The number of halogens is 1. The average Bonchev–Trinajstić information content (AvgIpc) is 2.95. The number of hydrogen-bond donors (Lipinski definition) is 1. The third kappa shape index (κ3) is 3.20. The third-order valence-electron chi connectivity index (χ3n) is 5.68. The maximum Gasteiger partial charge on any atom is 0.257 e. The lowest BCUT2D eigenvalue weighted by Crippen LogP contribution is -2.33. The van der Waals surface area contributed by atoms with E-state index in [1.807, 2.05) is 13.0 Å². The molecule has 4 rings (SSSR count). The molecule has 3 amide bonds. The SMILES string of the molecule is Cc1ccc(Cl)cc1NC(=O)c1ccccc1N1C(=O)[C@H]2CCCC[C@H]2C1=O. The van der Waals surface area contributed by atoms with Crippen LogP contribution >= 0.6 is 11.6 Å². The molecular formula is C22H21ClN2O3. The minimum absolute atomic E-state index is 0.186. The second-order valence-electron chi connectivity index (χ2n) is 7.44. The molecule has 2 aromatic rings. The number of fused-ring (bicyclic) bond motifs is 1. The van der Waals surface area contributed by atoms with Crippen LogP contribution in [-0.2, 0) is 9.59 Å². The molecule has 28 heavy (non-hydrogen) atoms. The number of hydrogen-bond acceptors (Lipinski definition) is 3. The van der Waals surface area contributed by atoms with E-state index in [0.29, 0.717) is 22.0 Å². The lowest BCUT2D eigenvalue weighted by atomic mass is 9.81.